The Morgan fingerprint density at radius 1 is 1.10 bits per heavy atom. The van der Waals surface area contributed by atoms with Crippen molar-refractivity contribution < 1.29 is 14.7 Å². The summed E-state index contributed by atoms with van der Waals surface area (Å²) in [6.45, 7) is 2.30. The number of carbonyl (C=O) groups excluding carboxylic acids is 2. The van der Waals surface area contributed by atoms with E-state index in [9.17, 15) is 14.7 Å². The number of amides is 2. The number of nitrogens with zero attached hydrogens (tertiary/aromatic N) is 1. The van der Waals surface area contributed by atoms with Crippen molar-refractivity contribution in [3.05, 3.63) is 34.9 Å². The van der Waals surface area contributed by atoms with Gasteiger partial charge in [0.15, 0.2) is 0 Å². The van der Waals surface area contributed by atoms with Crippen LogP contribution >= 0.6 is 0 Å². The molecule has 1 heterocycles. The third-order valence-electron chi connectivity index (χ3n) is 4.87. The van der Waals surface area contributed by atoms with E-state index >= 15 is 0 Å². The fraction of sp³-hybridized carbons (Fsp3) is 0.529. The molecule has 112 valence electrons. The molecule has 1 aliphatic heterocycles. The van der Waals surface area contributed by atoms with E-state index in [4.69, 9.17) is 0 Å². The minimum absolute atomic E-state index is 0.0411. The third kappa shape index (κ3) is 2.38. The lowest BCUT2D eigenvalue weighted by Crippen LogP contribution is -2.44. The molecule has 4 heteroatoms. The Kier molecular flexibility index (Phi) is 3.57. The number of carbonyl (C=O) groups is 2. The fourth-order valence-electron chi connectivity index (χ4n) is 3.55. The normalized spacial score (nSPS) is 20.8. The summed E-state index contributed by atoms with van der Waals surface area (Å²) in [6.07, 6.45) is 5.06. The maximum absolute atomic E-state index is 12.5. The largest absolute Gasteiger partial charge is 0.396 e. The molecule has 1 N–H and O–H groups in total. The summed E-state index contributed by atoms with van der Waals surface area (Å²) in [5.41, 5.74) is 1.67. The maximum atomic E-state index is 12.5. The highest BCUT2D eigenvalue weighted by Gasteiger charge is 2.42. The molecule has 0 saturated heterocycles. The van der Waals surface area contributed by atoms with Crippen LogP contribution < -0.4 is 0 Å². The van der Waals surface area contributed by atoms with Gasteiger partial charge in [-0.15, -0.1) is 0 Å². The predicted molar refractivity (Wildman–Crippen MR) is 79.1 cm³/mol. The zero-order valence-corrected chi connectivity index (χ0v) is 12.4. The first-order valence-electron chi connectivity index (χ1n) is 7.64. The van der Waals surface area contributed by atoms with Crippen molar-refractivity contribution in [3.63, 3.8) is 0 Å². The van der Waals surface area contributed by atoms with Gasteiger partial charge < -0.3 is 5.11 Å². The van der Waals surface area contributed by atoms with Crippen molar-refractivity contribution >= 4 is 11.8 Å². The molecule has 2 amide bonds. The molecule has 0 atom stereocenters. The van der Waals surface area contributed by atoms with Crippen LogP contribution in [0.25, 0.3) is 0 Å². The Bertz CT molecular complexity index is 588. The van der Waals surface area contributed by atoms with Gasteiger partial charge in [0.2, 0.25) is 0 Å². The Hall–Kier alpha value is -1.68. The first-order chi connectivity index (χ1) is 10.1. The van der Waals surface area contributed by atoms with Crippen molar-refractivity contribution in [1.29, 1.82) is 0 Å². The molecule has 1 aromatic rings. The Morgan fingerprint density at radius 2 is 1.76 bits per heavy atom. The zero-order chi connectivity index (χ0) is 15.0. The Morgan fingerprint density at radius 3 is 2.43 bits per heavy atom. The van der Waals surface area contributed by atoms with Crippen molar-refractivity contribution in [1.82, 2.24) is 4.90 Å². The molecular weight excluding hydrogens is 266 g/mol. The average Bonchev–Trinajstić information content (AvgIpc) is 2.73. The standard InChI is InChI=1S/C17H21NO3/c1-12-5-6-13-14(9-12)16(21)18(15(13)20)10-17(11-19)7-3-2-4-8-17/h5-6,9,19H,2-4,7-8,10-11H2,1H3. The second-order valence-corrected chi connectivity index (χ2v) is 6.46. The third-order valence-corrected chi connectivity index (χ3v) is 4.87. The van der Waals surface area contributed by atoms with Gasteiger partial charge in [-0.25, -0.2) is 0 Å². The van der Waals surface area contributed by atoms with E-state index in [0.29, 0.717) is 17.7 Å². The maximum Gasteiger partial charge on any atom is 0.261 e. The van der Waals surface area contributed by atoms with Crippen LogP contribution in [0.4, 0.5) is 0 Å². The quantitative estimate of drug-likeness (QED) is 0.869. The lowest BCUT2D eigenvalue weighted by molar-refractivity contribution is 0.0331. The molecule has 0 unspecified atom stereocenters. The van der Waals surface area contributed by atoms with Gasteiger partial charge in [-0.3, -0.25) is 14.5 Å². The van der Waals surface area contributed by atoms with E-state index in [2.05, 4.69) is 0 Å². The van der Waals surface area contributed by atoms with Gasteiger partial charge >= 0.3 is 0 Å². The van der Waals surface area contributed by atoms with Gasteiger partial charge in [0.25, 0.3) is 11.8 Å². The number of rotatable bonds is 3. The molecule has 4 nitrogen and oxygen atoms in total. The van der Waals surface area contributed by atoms with Gasteiger partial charge in [0, 0.05) is 12.0 Å². The summed E-state index contributed by atoms with van der Waals surface area (Å²) in [7, 11) is 0. The van der Waals surface area contributed by atoms with Crippen LogP contribution in [0.2, 0.25) is 0 Å². The van der Waals surface area contributed by atoms with Crippen LogP contribution in [0.1, 0.15) is 58.4 Å². The summed E-state index contributed by atoms with van der Waals surface area (Å²) in [4.78, 5) is 26.3. The summed E-state index contributed by atoms with van der Waals surface area (Å²) in [5.74, 6) is -0.425. The van der Waals surface area contributed by atoms with Crippen molar-refractivity contribution in [2.75, 3.05) is 13.2 Å². The van der Waals surface area contributed by atoms with Crippen LogP contribution in [0.3, 0.4) is 0 Å². The SMILES string of the molecule is Cc1ccc2c(c1)C(=O)N(CC1(CO)CCCCC1)C2=O. The van der Waals surface area contributed by atoms with Gasteiger partial charge in [-0.2, -0.15) is 0 Å². The summed E-state index contributed by atoms with van der Waals surface area (Å²) < 4.78 is 0. The topological polar surface area (TPSA) is 57.6 Å². The molecule has 21 heavy (non-hydrogen) atoms. The van der Waals surface area contributed by atoms with Gasteiger partial charge in [-0.1, -0.05) is 30.9 Å². The van der Waals surface area contributed by atoms with E-state index in [0.717, 1.165) is 31.2 Å². The molecular formula is C17H21NO3. The van der Waals surface area contributed by atoms with E-state index < -0.39 is 0 Å². The summed E-state index contributed by atoms with van der Waals surface area (Å²) >= 11 is 0. The number of aryl methyl sites for hydroxylation is 1. The molecule has 0 aromatic heterocycles. The number of benzene rings is 1. The van der Waals surface area contributed by atoms with Crippen LogP contribution in [-0.2, 0) is 0 Å². The van der Waals surface area contributed by atoms with Crippen molar-refractivity contribution in [2.24, 2.45) is 5.41 Å². The lowest BCUT2D eigenvalue weighted by Gasteiger charge is -2.37. The molecule has 0 radical (unpaired) electrons. The Labute approximate surface area is 124 Å². The summed E-state index contributed by atoms with van der Waals surface area (Å²) in [6, 6.07) is 5.37. The van der Waals surface area contributed by atoms with Crippen LogP contribution in [0.5, 0.6) is 0 Å². The number of fused-ring (bicyclic) bond motifs is 1. The minimum atomic E-state index is -0.305. The van der Waals surface area contributed by atoms with E-state index in [1.165, 1.54) is 11.3 Å². The monoisotopic (exact) mass is 287 g/mol. The fourth-order valence-corrected chi connectivity index (χ4v) is 3.55. The summed E-state index contributed by atoms with van der Waals surface area (Å²) in [5, 5.41) is 9.79. The first kappa shape index (κ1) is 14.3. The lowest BCUT2D eigenvalue weighted by atomic mass is 9.74. The number of hydrogen-bond acceptors (Lipinski definition) is 3. The highest BCUT2D eigenvalue weighted by Crippen LogP contribution is 2.38. The van der Waals surface area contributed by atoms with Crippen LogP contribution in [0, 0.1) is 12.3 Å². The molecule has 1 aliphatic carbocycles. The molecule has 1 aromatic carbocycles. The molecule has 0 spiro atoms. The first-order valence-corrected chi connectivity index (χ1v) is 7.64. The van der Waals surface area contributed by atoms with Crippen LogP contribution in [0.15, 0.2) is 18.2 Å². The van der Waals surface area contributed by atoms with Gasteiger partial charge in [0.05, 0.1) is 17.7 Å². The number of hydrogen-bond donors (Lipinski definition) is 1. The molecule has 1 fully saturated rings. The van der Waals surface area contributed by atoms with E-state index in [1.54, 1.807) is 12.1 Å². The van der Waals surface area contributed by atoms with Crippen LogP contribution in [-0.4, -0.2) is 35.0 Å². The second kappa shape index (κ2) is 5.26. The molecule has 1 saturated carbocycles. The number of aliphatic hydroxyl groups is 1. The second-order valence-electron chi connectivity index (χ2n) is 6.46. The average molecular weight is 287 g/mol. The number of aliphatic hydroxyl groups excluding tert-OH is 1. The number of imide groups is 1. The molecule has 0 bridgehead atoms. The zero-order valence-electron chi connectivity index (χ0n) is 12.4. The molecule has 3 rings (SSSR count). The van der Waals surface area contributed by atoms with Crippen molar-refractivity contribution in [3.8, 4) is 0 Å². The predicted octanol–water partition coefficient (Wildman–Crippen LogP) is 2.53. The highest BCUT2D eigenvalue weighted by molar-refractivity contribution is 6.21. The van der Waals surface area contributed by atoms with Gasteiger partial charge in [-0.05, 0) is 31.9 Å². The van der Waals surface area contributed by atoms with Gasteiger partial charge in [0.1, 0.15) is 0 Å². The van der Waals surface area contributed by atoms with Crippen molar-refractivity contribution in [2.45, 2.75) is 39.0 Å². The van der Waals surface area contributed by atoms with E-state index in [-0.39, 0.29) is 23.8 Å². The Balaban J connectivity index is 1.87. The van der Waals surface area contributed by atoms with E-state index in [1.807, 2.05) is 13.0 Å². The smallest absolute Gasteiger partial charge is 0.261 e. The minimum Gasteiger partial charge on any atom is -0.396 e. The molecule has 2 aliphatic rings. The highest BCUT2D eigenvalue weighted by atomic mass is 16.3.